The van der Waals surface area contributed by atoms with Crippen molar-refractivity contribution in [1.29, 1.82) is 0 Å². The van der Waals surface area contributed by atoms with Crippen LogP contribution >= 0.6 is 0 Å². The molecule has 0 bridgehead atoms. The maximum absolute atomic E-state index is 6.78. The molecule has 0 saturated carbocycles. The molecule has 0 unspecified atom stereocenters. The molecule has 0 spiro atoms. The van der Waals surface area contributed by atoms with Gasteiger partial charge >= 0.3 is 0 Å². The maximum Gasteiger partial charge on any atom is 0.181 e. The number of fused-ring (bicyclic) bond motifs is 2. The Hall–Kier alpha value is -3.78. The third kappa shape index (κ3) is 4.11. The summed E-state index contributed by atoms with van der Waals surface area (Å²) < 4.78 is 6.78. The molecule has 1 aliphatic heterocycles. The summed E-state index contributed by atoms with van der Waals surface area (Å²) in [5.74, 6) is 1.92. The molecule has 4 aromatic carbocycles. The lowest BCUT2D eigenvalue weighted by Crippen LogP contribution is -2.38. The highest BCUT2D eigenvalue weighted by Crippen LogP contribution is 2.54. The van der Waals surface area contributed by atoms with Crippen molar-refractivity contribution in [3.8, 4) is 11.5 Å². The largest absolute Gasteiger partial charge is 0.457 e. The summed E-state index contributed by atoms with van der Waals surface area (Å²) in [5, 5.41) is 0. The van der Waals surface area contributed by atoms with E-state index >= 15 is 0 Å². The first-order valence-electron chi connectivity index (χ1n) is 12.9. The first kappa shape index (κ1) is 23.9. The molecule has 2 heteroatoms. The monoisotopic (exact) mass is 468 g/mol. The van der Waals surface area contributed by atoms with Crippen molar-refractivity contribution >= 4 is 12.2 Å². The molecule has 0 radical (unpaired) electrons. The molecule has 1 heterocycles. The van der Waals surface area contributed by atoms with Gasteiger partial charge in [-0.25, -0.2) is 0 Å². The van der Waals surface area contributed by atoms with Crippen molar-refractivity contribution in [1.82, 2.24) is 0 Å². The van der Waals surface area contributed by atoms with Crippen molar-refractivity contribution in [3.63, 3.8) is 0 Å². The van der Waals surface area contributed by atoms with Gasteiger partial charge in [0.2, 0.25) is 0 Å². The Balaban J connectivity index is 1.77. The summed E-state index contributed by atoms with van der Waals surface area (Å²) in [6.07, 6.45) is 5.43. The van der Waals surface area contributed by atoms with Gasteiger partial charge in [0.05, 0.1) is 5.41 Å². The Morgan fingerprint density at radius 1 is 0.750 bits per heavy atom. The molecule has 0 aliphatic carbocycles. The van der Waals surface area contributed by atoms with Gasteiger partial charge in [0, 0.05) is 11.1 Å². The SMILES string of the molecule is C/C=C(C)\C=C(\C)CB(C)c1cccc2c1Oc1ccccc1C2(c1ccccc1)c1ccccc1. The lowest BCUT2D eigenvalue weighted by Gasteiger charge is -2.42. The normalized spacial score (nSPS) is 14.4. The number of hydrogen-bond donors (Lipinski definition) is 0. The van der Waals surface area contributed by atoms with Crippen LogP contribution in [0.25, 0.3) is 0 Å². The number of rotatable bonds is 6. The highest BCUT2D eigenvalue weighted by Gasteiger charge is 2.46. The van der Waals surface area contributed by atoms with E-state index in [0.717, 1.165) is 17.8 Å². The third-order valence-corrected chi connectivity index (χ3v) is 7.45. The van der Waals surface area contributed by atoms with Crippen molar-refractivity contribution in [2.45, 2.75) is 39.3 Å². The van der Waals surface area contributed by atoms with Crippen LogP contribution in [0.1, 0.15) is 43.0 Å². The first-order valence-corrected chi connectivity index (χ1v) is 12.9. The van der Waals surface area contributed by atoms with Gasteiger partial charge in [0.1, 0.15) is 11.5 Å². The summed E-state index contributed by atoms with van der Waals surface area (Å²) in [4.78, 5) is 0. The van der Waals surface area contributed by atoms with Crippen molar-refractivity contribution in [2.75, 3.05) is 0 Å². The lowest BCUT2D eigenvalue weighted by atomic mass is 9.43. The second-order valence-electron chi connectivity index (χ2n) is 9.93. The van der Waals surface area contributed by atoms with Gasteiger partial charge in [-0.2, -0.15) is 0 Å². The van der Waals surface area contributed by atoms with E-state index in [9.17, 15) is 0 Å². The van der Waals surface area contributed by atoms with Gasteiger partial charge in [0.25, 0.3) is 0 Å². The Bertz CT molecular complexity index is 1380. The van der Waals surface area contributed by atoms with Gasteiger partial charge in [-0.05, 0) is 49.7 Å². The van der Waals surface area contributed by atoms with Crippen molar-refractivity contribution in [3.05, 3.63) is 149 Å². The molecule has 0 amide bonds. The topological polar surface area (TPSA) is 9.23 Å². The molecule has 36 heavy (non-hydrogen) atoms. The van der Waals surface area contributed by atoms with Crippen LogP contribution in [-0.4, -0.2) is 6.71 Å². The van der Waals surface area contributed by atoms with Crippen LogP contribution in [0.4, 0.5) is 0 Å². The summed E-state index contributed by atoms with van der Waals surface area (Å²) in [5.41, 5.74) is 8.35. The van der Waals surface area contributed by atoms with E-state index < -0.39 is 5.41 Å². The van der Waals surface area contributed by atoms with Crippen LogP contribution < -0.4 is 10.2 Å². The Kier molecular flexibility index (Phi) is 6.70. The minimum atomic E-state index is -0.463. The smallest absolute Gasteiger partial charge is 0.181 e. The van der Waals surface area contributed by atoms with E-state index in [1.165, 1.54) is 38.9 Å². The standard InChI is InChI=1S/C34H33BO/c1-5-25(2)23-26(3)24-35(4)31-21-14-20-30-33(31)36-32-22-13-12-19-29(32)34(30,27-15-8-6-9-16-27)28-17-10-7-11-18-28/h5-23H,24H2,1-4H3/b25-5-,26-23-. The van der Waals surface area contributed by atoms with E-state index in [-0.39, 0.29) is 0 Å². The van der Waals surface area contributed by atoms with E-state index in [2.05, 4.69) is 143 Å². The van der Waals surface area contributed by atoms with Crippen LogP contribution in [0.5, 0.6) is 11.5 Å². The molecule has 5 rings (SSSR count). The van der Waals surface area contributed by atoms with E-state index in [0.29, 0.717) is 6.71 Å². The molecule has 178 valence electrons. The zero-order valence-corrected chi connectivity index (χ0v) is 21.7. The fraction of sp³-hybridized carbons (Fsp3) is 0.176. The zero-order chi connectivity index (χ0) is 25.1. The molecule has 0 N–H and O–H groups in total. The van der Waals surface area contributed by atoms with E-state index in [4.69, 9.17) is 4.74 Å². The Morgan fingerprint density at radius 2 is 1.33 bits per heavy atom. The highest BCUT2D eigenvalue weighted by molar-refractivity contribution is 6.73. The Morgan fingerprint density at radius 3 is 1.97 bits per heavy atom. The molecule has 1 nitrogen and oxygen atoms in total. The number of para-hydroxylation sites is 2. The van der Waals surface area contributed by atoms with Crippen LogP contribution in [0.2, 0.25) is 13.1 Å². The summed E-state index contributed by atoms with van der Waals surface area (Å²) in [7, 11) is 0. The fourth-order valence-electron chi connectivity index (χ4n) is 5.76. The highest BCUT2D eigenvalue weighted by atomic mass is 16.5. The van der Waals surface area contributed by atoms with Crippen LogP contribution in [0, 0.1) is 0 Å². The van der Waals surface area contributed by atoms with Gasteiger partial charge in [0.15, 0.2) is 6.71 Å². The molecule has 0 saturated heterocycles. The van der Waals surface area contributed by atoms with Gasteiger partial charge in [-0.3, -0.25) is 0 Å². The molecular weight excluding hydrogens is 435 g/mol. The molecular formula is C34H33BO. The van der Waals surface area contributed by atoms with Crippen LogP contribution in [0.15, 0.2) is 126 Å². The summed E-state index contributed by atoms with van der Waals surface area (Å²) in [6, 6.07) is 37.0. The van der Waals surface area contributed by atoms with Gasteiger partial charge < -0.3 is 4.74 Å². The zero-order valence-electron chi connectivity index (χ0n) is 21.7. The fourth-order valence-corrected chi connectivity index (χ4v) is 5.76. The van der Waals surface area contributed by atoms with Gasteiger partial charge in [-0.15, -0.1) is 0 Å². The average Bonchev–Trinajstić information content (AvgIpc) is 2.92. The number of benzene rings is 4. The van der Waals surface area contributed by atoms with Crippen LogP contribution in [0.3, 0.4) is 0 Å². The quantitative estimate of drug-likeness (QED) is 0.180. The van der Waals surface area contributed by atoms with Crippen molar-refractivity contribution in [2.24, 2.45) is 0 Å². The minimum absolute atomic E-state index is 0.315. The molecule has 0 aromatic heterocycles. The number of ether oxygens (including phenoxy) is 1. The Labute approximate surface area is 216 Å². The molecule has 4 aromatic rings. The average molecular weight is 468 g/mol. The summed E-state index contributed by atoms with van der Waals surface area (Å²) in [6.45, 7) is 9.11. The number of allylic oxidation sites excluding steroid dienone is 4. The van der Waals surface area contributed by atoms with Crippen LogP contribution in [-0.2, 0) is 5.41 Å². The van der Waals surface area contributed by atoms with E-state index in [1.807, 2.05) is 0 Å². The van der Waals surface area contributed by atoms with Gasteiger partial charge in [-0.1, -0.05) is 127 Å². The maximum atomic E-state index is 6.78. The first-order chi connectivity index (χ1) is 17.6. The predicted molar refractivity (Wildman–Crippen MR) is 154 cm³/mol. The molecule has 0 atom stereocenters. The lowest BCUT2D eigenvalue weighted by molar-refractivity contribution is 0.438. The second-order valence-corrected chi connectivity index (χ2v) is 9.93. The number of hydrogen-bond acceptors (Lipinski definition) is 1. The minimum Gasteiger partial charge on any atom is -0.457 e. The predicted octanol–water partition coefficient (Wildman–Crippen LogP) is 8.42. The molecule has 0 fully saturated rings. The third-order valence-electron chi connectivity index (χ3n) is 7.45. The molecule has 1 aliphatic rings. The van der Waals surface area contributed by atoms with Crippen molar-refractivity contribution < 1.29 is 4.74 Å². The van der Waals surface area contributed by atoms with E-state index in [1.54, 1.807) is 0 Å². The second kappa shape index (κ2) is 10.1. The summed E-state index contributed by atoms with van der Waals surface area (Å²) >= 11 is 0.